The molecule has 0 amide bonds. The number of hydrogen-bond donors (Lipinski definition) is 2. The molecule has 3 rings (SSSR count). The van der Waals surface area contributed by atoms with Gasteiger partial charge in [0.15, 0.2) is 21.8 Å². The third-order valence-electron chi connectivity index (χ3n) is 3.06. The number of halogens is 2. The van der Waals surface area contributed by atoms with Crippen LogP contribution in [0.2, 0.25) is 0 Å². The highest BCUT2D eigenvalue weighted by molar-refractivity contribution is 9.11. The molecule has 0 saturated heterocycles. The summed E-state index contributed by atoms with van der Waals surface area (Å²) in [5.41, 5.74) is 3.26. The summed E-state index contributed by atoms with van der Waals surface area (Å²) in [6.07, 6.45) is 8.92. The SMILES string of the molecule is COC(OC)OC.CSc1ncc(Br)c(NN)n1.CSc1ncc(Br)c2nncn12. The minimum Gasteiger partial charge on any atom is -0.333 e. The molecule has 3 N–H and O–H groups in total. The number of ether oxygens (including phenoxy) is 3. The first-order valence-electron chi connectivity index (χ1n) is 7.95. The Labute approximate surface area is 199 Å². The van der Waals surface area contributed by atoms with Crippen molar-refractivity contribution in [3.05, 3.63) is 27.7 Å². The zero-order valence-corrected chi connectivity index (χ0v) is 21.7. The van der Waals surface area contributed by atoms with Crippen molar-refractivity contribution in [2.24, 2.45) is 5.84 Å². The second-order valence-corrected chi connectivity index (χ2v) is 8.07. The molecule has 0 aliphatic rings. The minimum absolute atomic E-state index is 0.514. The van der Waals surface area contributed by atoms with Gasteiger partial charge in [-0.25, -0.2) is 20.8 Å². The van der Waals surface area contributed by atoms with Crippen molar-refractivity contribution in [2.45, 2.75) is 16.8 Å². The van der Waals surface area contributed by atoms with Crippen molar-refractivity contribution >= 4 is 66.8 Å². The van der Waals surface area contributed by atoms with Crippen LogP contribution < -0.4 is 11.3 Å². The Balaban J connectivity index is 0.000000234. The van der Waals surface area contributed by atoms with Crippen LogP contribution in [0, 0.1) is 0 Å². The van der Waals surface area contributed by atoms with Crippen molar-refractivity contribution in [1.29, 1.82) is 0 Å². The number of methoxy groups -OCH3 is 3. The van der Waals surface area contributed by atoms with E-state index in [1.54, 1.807) is 30.5 Å². The number of aromatic nitrogens is 6. The van der Waals surface area contributed by atoms with Crippen molar-refractivity contribution in [3.63, 3.8) is 0 Å². The van der Waals surface area contributed by atoms with Crippen LogP contribution in [0.5, 0.6) is 0 Å². The Morgan fingerprint density at radius 1 is 1.03 bits per heavy atom. The number of thioether (sulfide) groups is 2. The van der Waals surface area contributed by atoms with E-state index in [4.69, 9.17) is 5.84 Å². The van der Waals surface area contributed by atoms with Gasteiger partial charge in [-0.3, -0.25) is 4.40 Å². The van der Waals surface area contributed by atoms with E-state index in [0.717, 1.165) is 19.7 Å². The third kappa shape index (κ3) is 8.22. The molecule has 3 aromatic rings. The summed E-state index contributed by atoms with van der Waals surface area (Å²) < 4.78 is 17.3. The normalized spacial score (nSPS) is 10.3. The highest BCUT2D eigenvalue weighted by Crippen LogP contribution is 2.20. The number of nitrogens with one attached hydrogen (secondary N) is 1. The number of nitrogen functional groups attached to an aromatic ring is 1. The Bertz CT molecular complexity index is 896. The smallest absolute Gasteiger partial charge is 0.270 e. The lowest BCUT2D eigenvalue weighted by Gasteiger charge is -2.08. The van der Waals surface area contributed by atoms with Crippen LogP contribution in [0.1, 0.15) is 0 Å². The van der Waals surface area contributed by atoms with Crippen molar-refractivity contribution in [3.8, 4) is 0 Å². The van der Waals surface area contributed by atoms with Gasteiger partial charge in [-0.1, -0.05) is 23.5 Å². The van der Waals surface area contributed by atoms with Gasteiger partial charge in [-0.2, -0.15) is 0 Å². The van der Waals surface area contributed by atoms with Gasteiger partial charge < -0.3 is 19.6 Å². The molecular weight excluding hydrogens is 564 g/mol. The van der Waals surface area contributed by atoms with Gasteiger partial charge in [0.05, 0.1) is 8.95 Å². The van der Waals surface area contributed by atoms with Gasteiger partial charge in [0.1, 0.15) is 6.33 Å². The summed E-state index contributed by atoms with van der Waals surface area (Å²) in [7, 11) is 4.53. The molecule has 11 nitrogen and oxygen atoms in total. The molecule has 0 saturated carbocycles. The Hall–Kier alpha value is -1.07. The molecule has 0 aliphatic carbocycles. The van der Waals surface area contributed by atoms with Crippen LogP contribution in [0.15, 0.2) is 38.0 Å². The van der Waals surface area contributed by atoms with Gasteiger partial charge >= 0.3 is 0 Å². The molecule has 0 unspecified atom stereocenters. The van der Waals surface area contributed by atoms with Crippen LogP contribution in [0.3, 0.4) is 0 Å². The van der Waals surface area contributed by atoms with Crippen LogP contribution in [-0.2, 0) is 14.2 Å². The largest absolute Gasteiger partial charge is 0.333 e. The monoisotopic (exact) mass is 584 g/mol. The molecule has 0 aromatic carbocycles. The zero-order chi connectivity index (χ0) is 22.5. The lowest BCUT2D eigenvalue weighted by atomic mass is 10.6. The first-order valence-corrected chi connectivity index (χ1v) is 12.0. The highest BCUT2D eigenvalue weighted by Gasteiger charge is 2.05. The molecule has 0 aliphatic heterocycles. The molecule has 0 atom stereocenters. The molecule has 30 heavy (non-hydrogen) atoms. The summed E-state index contributed by atoms with van der Waals surface area (Å²) in [6, 6.07) is 0. The van der Waals surface area contributed by atoms with Crippen molar-refractivity contribution in [2.75, 3.05) is 39.3 Å². The Kier molecular flexibility index (Phi) is 13.3. The molecule has 3 aromatic heterocycles. The highest BCUT2D eigenvalue weighted by atomic mass is 79.9. The average molecular weight is 586 g/mol. The number of hydrogen-bond acceptors (Lipinski definition) is 12. The summed E-state index contributed by atoms with van der Waals surface area (Å²) in [5, 5.41) is 9.32. The van der Waals surface area contributed by atoms with Crippen molar-refractivity contribution in [1.82, 2.24) is 29.5 Å². The predicted octanol–water partition coefficient (Wildman–Crippen LogP) is 3.06. The van der Waals surface area contributed by atoms with Crippen LogP contribution >= 0.6 is 55.4 Å². The maximum Gasteiger partial charge on any atom is 0.270 e. The van der Waals surface area contributed by atoms with Gasteiger partial charge in [0, 0.05) is 33.7 Å². The fourth-order valence-electron chi connectivity index (χ4n) is 1.76. The third-order valence-corrected chi connectivity index (χ3v) is 5.43. The van der Waals surface area contributed by atoms with Gasteiger partial charge in [0.2, 0.25) is 0 Å². The van der Waals surface area contributed by atoms with Gasteiger partial charge in [-0.15, -0.1) is 10.2 Å². The number of rotatable bonds is 6. The molecule has 0 fully saturated rings. The van der Waals surface area contributed by atoms with E-state index in [1.165, 1.54) is 33.1 Å². The lowest BCUT2D eigenvalue weighted by molar-refractivity contribution is -0.252. The average Bonchev–Trinajstić information content (AvgIpc) is 3.28. The molecule has 0 spiro atoms. The Morgan fingerprint density at radius 2 is 1.67 bits per heavy atom. The standard InChI is InChI=1S/C6H5BrN4S.C5H7BrN4S.C4H10O3/c1-12-6-8-2-4(7)5-10-9-3-11(5)6;1-11-5-8-2-3(6)4(9-5)10-7;1-5-4(6-2)7-3/h2-3H,1H3;2H,7H2,1H3,(H,8,9,10);4H,1-3H3. The number of nitrogens with zero attached hydrogens (tertiary/aromatic N) is 6. The fourth-order valence-corrected chi connectivity index (χ4v) is 3.27. The number of fused-ring (bicyclic) bond motifs is 1. The van der Waals surface area contributed by atoms with E-state index in [9.17, 15) is 0 Å². The van der Waals surface area contributed by atoms with E-state index < -0.39 is 6.48 Å². The van der Waals surface area contributed by atoms with Gasteiger partial charge in [0.25, 0.3) is 6.48 Å². The second-order valence-electron chi connectivity index (χ2n) is 4.81. The minimum atomic E-state index is -0.514. The maximum atomic E-state index is 5.19. The zero-order valence-electron chi connectivity index (χ0n) is 16.9. The molecule has 166 valence electrons. The van der Waals surface area contributed by atoms with Gasteiger partial charge in [-0.05, 0) is 44.4 Å². The lowest BCUT2D eigenvalue weighted by Crippen LogP contribution is -2.14. The quantitative estimate of drug-likeness (QED) is 0.145. The first kappa shape index (κ1) is 27.0. The van der Waals surface area contributed by atoms with E-state index in [0.29, 0.717) is 11.0 Å². The summed E-state index contributed by atoms with van der Waals surface area (Å²) >= 11 is 9.62. The van der Waals surface area contributed by atoms with E-state index in [1.807, 2.05) is 16.9 Å². The fraction of sp³-hybridized carbons (Fsp3) is 0.400. The molecule has 15 heteroatoms. The van der Waals surface area contributed by atoms with E-state index >= 15 is 0 Å². The molecular formula is C15H22Br2N8O3S2. The summed E-state index contributed by atoms with van der Waals surface area (Å²) in [6.45, 7) is -0.514. The van der Waals surface area contributed by atoms with Crippen molar-refractivity contribution < 1.29 is 14.2 Å². The molecule has 0 radical (unpaired) electrons. The predicted molar refractivity (Wildman–Crippen MR) is 124 cm³/mol. The van der Waals surface area contributed by atoms with E-state index in [-0.39, 0.29) is 0 Å². The maximum absolute atomic E-state index is 5.19. The van der Waals surface area contributed by atoms with Crippen LogP contribution in [0.25, 0.3) is 5.65 Å². The number of hydrazine groups is 1. The topological polar surface area (TPSA) is 135 Å². The Morgan fingerprint density at radius 3 is 2.17 bits per heavy atom. The molecule has 0 bridgehead atoms. The first-order chi connectivity index (χ1) is 14.4. The summed E-state index contributed by atoms with van der Waals surface area (Å²) in [5.74, 6) is 5.80. The summed E-state index contributed by atoms with van der Waals surface area (Å²) in [4.78, 5) is 12.3. The van der Waals surface area contributed by atoms with Crippen LogP contribution in [-0.4, -0.2) is 69.9 Å². The van der Waals surface area contributed by atoms with E-state index in [2.05, 4.69) is 76.6 Å². The second kappa shape index (κ2) is 14.9. The number of nitrogens with two attached hydrogens (primary N) is 1. The molecule has 3 heterocycles. The number of anilines is 1. The van der Waals surface area contributed by atoms with Crippen LogP contribution in [0.4, 0.5) is 5.82 Å².